The molecule has 0 spiro atoms. The highest BCUT2D eigenvalue weighted by molar-refractivity contribution is 5.17. The third-order valence-corrected chi connectivity index (χ3v) is 3.14. The van der Waals surface area contributed by atoms with Crippen molar-refractivity contribution >= 4 is 0 Å². The molecule has 0 radical (unpaired) electrons. The molecule has 0 aromatic heterocycles. The third-order valence-electron chi connectivity index (χ3n) is 3.14. The molecule has 0 aliphatic heterocycles. The first-order chi connectivity index (χ1) is 8.02. The second-order valence-corrected chi connectivity index (χ2v) is 4.80. The lowest BCUT2D eigenvalue weighted by molar-refractivity contribution is 0.332. The summed E-state index contributed by atoms with van der Waals surface area (Å²) in [5, 5.41) is 0. The van der Waals surface area contributed by atoms with Crippen molar-refractivity contribution in [1.29, 1.82) is 0 Å². The maximum Gasteiger partial charge on any atom is 0.0226 e. The van der Waals surface area contributed by atoms with Gasteiger partial charge in [0.2, 0.25) is 0 Å². The van der Waals surface area contributed by atoms with Gasteiger partial charge >= 0.3 is 0 Å². The van der Waals surface area contributed by atoms with Gasteiger partial charge in [-0.05, 0) is 46.5 Å². The molecular weight excluding hydrogens is 206 g/mol. The number of hydrogen-bond acceptors (Lipinski definition) is 1. The SMILES string of the molecule is C=C(CCCC(/C=C\CC)=C/C)N(C)C(C)C. The molecule has 1 heteroatoms. The molecule has 0 amide bonds. The molecule has 1 nitrogen and oxygen atoms in total. The van der Waals surface area contributed by atoms with E-state index >= 15 is 0 Å². The fourth-order valence-corrected chi connectivity index (χ4v) is 1.63. The molecule has 0 aliphatic carbocycles. The lowest BCUT2D eigenvalue weighted by Gasteiger charge is -2.26. The first-order valence-corrected chi connectivity index (χ1v) is 6.75. The van der Waals surface area contributed by atoms with Gasteiger partial charge in [-0.15, -0.1) is 0 Å². The van der Waals surface area contributed by atoms with Crippen molar-refractivity contribution in [3.63, 3.8) is 0 Å². The smallest absolute Gasteiger partial charge is 0.0226 e. The van der Waals surface area contributed by atoms with Crippen LogP contribution in [0.3, 0.4) is 0 Å². The average Bonchev–Trinajstić information content (AvgIpc) is 2.31. The van der Waals surface area contributed by atoms with E-state index in [9.17, 15) is 0 Å². The number of hydrogen-bond donors (Lipinski definition) is 0. The fraction of sp³-hybridized carbons (Fsp3) is 0.625. The van der Waals surface area contributed by atoms with Gasteiger partial charge in [-0.2, -0.15) is 0 Å². The maximum atomic E-state index is 4.15. The van der Waals surface area contributed by atoms with Crippen LogP contribution >= 0.6 is 0 Å². The van der Waals surface area contributed by atoms with Crippen LogP contribution in [0.15, 0.2) is 36.1 Å². The zero-order valence-corrected chi connectivity index (χ0v) is 12.3. The Bertz CT molecular complexity index is 271. The molecule has 98 valence electrons. The van der Waals surface area contributed by atoms with Crippen LogP contribution < -0.4 is 0 Å². The van der Waals surface area contributed by atoms with E-state index < -0.39 is 0 Å². The predicted molar refractivity (Wildman–Crippen MR) is 79.1 cm³/mol. The Morgan fingerprint density at radius 3 is 2.41 bits per heavy atom. The van der Waals surface area contributed by atoms with Crippen molar-refractivity contribution in [2.75, 3.05) is 7.05 Å². The highest BCUT2D eigenvalue weighted by Gasteiger charge is 2.05. The van der Waals surface area contributed by atoms with Crippen LogP contribution in [0.25, 0.3) is 0 Å². The van der Waals surface area contributed by atoms with Crippen LogP contribution in [0.5, 0.6) is 0 Å². The molecule has 0 atom stereocenters. The molecule has 0 saturated carbocycles. The van der Waals surface area contributed by atoms with Crippen molar-refractivity contribution in [2.24, 2.45) is 0 Å². The number of nitrogens with zero attached hydrogens (tertiary/aromatic N) is 1. The van der Waals surface area contributed by atoms with Gasteiger partial charge in [0, 0.05) is 18.8 Å². The Morgan fingerprint density at radius 2 is 1.94 bits per heavy atom. The molecule has 0 N–H and O–H groups in total. The Hall–Kier alpha value is -0.980. The highest BCUT2D eigenvalue weighted by Crippen LogP contribution is 2.15. The molecule has 0 aliphatic rings. The van der Waals surface area contributed by atoms with Crippen molar-refractivity contribution < 1.29 is 0 Å². The molecule has 17 heavy (non-hydrogen) atoms. The van der Waals surface area contributed by atoms with E-state index in [1.807, 2.05) is 0 Å². The van der Waals surface area contributed by atoms with Crippen molar-refractivity contribution in [1.82, 2.24) is 4.90 Å². The second-order valence-electron chi connectivity index (χ2n) is 4.80. The zero-order valence-electron chi connectivity index (χ0n) is 12.3. The summed E-state index contributed by atoms with van der Waals surface area (Å²) < 4.78 is 0. The monoisotopic (exact) mass is 235 g/mol. The van der Waals surface area contributed by atoms with Gasteiger partial charge in [0.05, 0.1) is 0 Å². The minimum atomic E-state index is 0.545. The molecule has 0 aromatic carbocycles. The quantitative estimate of drug-likeness (QED) is 0.540. The lowest BCUT2D eigenvalue weighted by Crippen LogP contribution is -2.24. The van der Waals surface area contributed by atoms with Gasteiger partial charge in [-0.1, -0.05) is 37.3 Å². The van der Waals surface area contributed by atoms with Gasteiger partial charge in [-0.3, -0.25) is 0 Å². The van der Waals surface area contributed by atoms with Crippen LogP contribution in [-0.2, 0) is 0 Å². The Balaban J connectivity index is 3.98. The van der Waals surface area contributed by atoms with E-state index in [1.54, 1.807) is 0 Å². The van der Waals surface area contributed by atoms with Crippen molar-refractivity contribution in [3.05, 3.63) is 36.1 Å². The molecule has 0 fully saturated rings. The molecule has 0 saturated heterocycles. The van der Waals surface area contributed by atoms with Gasteiger partial charge in [0.15, 0.2) is 0 Å². The first-order valence-electron chi connectivity index (χ1n) is 6.75. The Morgan fingerprint density at radius 1 is 1.29 bits per heavy atom. The summed E-state index contributed by atoms with van der Waals surface area (Å²) in [6.07, 6.45) is 11.2. The summed E-state index contributed by atoms with van der Waals surface area (Å²) in [7, 11) is 2.13. The minimum Gasteiger partial charge on any atom is -0.376 e. The summed E-state index contributed by atoms with van der Waals surface area (Å²) in [5.74, 6) is 0. The van der Waals surface area contributed by atoms with Gasteiger partial charge < -0.3 is 4.90 Å². The third kappa shape index (κ3) is 7.04. The van der Waals surface area contributed by atoms with E-state index in [1.165, 1.54) is 17.7 Å². The van der Waals surface area contributed by atoms with Crippen LogP contribution in [0.4, 0.5) is 0 Å². The van der Waals surface area contributed by atoms with E-state index in [4.69, 9.17) is 0 Å². The summed E-state index contributed by atoms with van der Waals surface area (Å²) >= 11 is 0. The maximum absolute atomic E-state index is 4.15. The van der Waals surface area contributed by atoms with Crippen LogP contribution in [0.1, 0.15) is 53.4 Å². The van der Waals surface area contributed by atoms with Crippen LogP contribution in [-0.4, -0.2) is 18.0 Å². The van der Waals surface area contributed by atoms with E-state index in [0.29, 0.717) is 6.04 Å². The fourth-order valence-electron chi connectivity index (χ4n) is 1.63. The molecular formula is C16H29N. The predicted octanol–water partition coefficient (Wildman–Crippen LogP) is 4.92. The Labute approximate surface area is 108 Å². The average molecular weight is 235 g/mol. The van der Waals surface area contributed by atoms with Gasteiger partial charge in [0.25, 0.3) is 0 Å². The first kappa shape index (κ1) is 16.0. The van der Waals surface area contributed by atoms with E-state index in [0.717, 1.165) is 19.3 Å². The van der Waals surface area contributed by atoms with E-state index in [-0.39, 0.29) is 0 Å². The lowest BCUT2D eigenvalue weighted by atomic mass is 10.1. The summed E-state index contributed by atoms with van der Waals surface area (Å²) in [6.45, 7) is 12.8. The Kier molecular flexibility index (Phi) is 8.57. The zero-order chi connectivity index (χ0) is 13.3. The molecule has 0 unspecified atom stereocenters. The molecule has 0 bridgehead atoms. The molecule has 0 rings (SSSR count). The minimum absolute atomic E-state index is 0.545. The number of allylic oxidation sites excluding steroid dienone is 5. The van der Waals surface area contributed by atoms with Gasteiger partial charge in [-0.25, -0.2) is 0 Å². The second kappa shape index (κ2) is 9.09. The highest BCUT2D eigenvalue weighted by atomic mass is 15.1. The van der Waals surface area contributed by atoms with Gasteiger partial charge in [0.1, 0.15) is 0 Å². The summed E-state index contributed by atoms with van der Waals surface area (Å²) in [4.78, 5) is 2.26. The van der Waals surface area contributed by atoms with Crippen LogP contribution in [0.2, 0.25) is 0 Å². The number of rotatable bonds is 8. The topological polar surface area (TPSA) is 3.24 Å². The normalized spacial score (nSPS) is 12.5. The van der Waals surface area contributed by atoms with Crippen molar-refractivity contribution in [2.45, 2.75) is 59.4 Å². The van der Waals surface area contributed by atoms with Crippen molar-refractivity contribution in [3.8, 4) is 0 Å². The molecule has 0 heterocycles. The summed E-state index contributed by atoms with van der Waals surface area (Å²) in [6, 6.07) is 0.545. The summed E-state index contributed by atoms with van der Waals surface area (Å²) in [5.41, 5.74) is 2.68. The van der Waals surface area contributed by atoms with Crippen LogP contribution in [0, 0.1) is 0 Å². The largest absolute Gasteiger partial charge is 0.376 e. The molecule has 0 aromatic rings. The van der Waals surface area contributed by atoms with E-state index in [2.05, 4.69) is 64.4 Å². The standard InChI is InChI=1S/C16H29N/c1-7-9-12-16(8-2)13-10-11-15(5)17(6)14(3)4/h8-9,12,14H,5,7,10-11,13H2,1-4,6H3/b12-9-,16-8+.